The lowest BCUT2D eigenvalue weighted by molar-refractivity contribution is 0.257. The molecule has 1 fully saturated rings. The fraction of sp³-hybridized carbons (Fsp3) is 0.571. The van der Waals surface area contributed by atoms with Gasteiger partial charge < -0.3 is 15.2 Å². The molecule has 0 saturated carbocycles. The number of methoxy groups -OCH3 is 2. The zero-order valence-electron chi connectivity index (χ0n) is 12.4. The quantitative estimate of drug-likeness (QED) is 0.883. The number of nitrogens with two attached hydrogens (primary N) is 1. The van der Waals surface area contributed by atoms with Gasteiger partial charge in [-0.25, -0.2) is 8.42 Å². The van der Waals surface area contributed by atoms with Crippen LogP contribution in [0.25, 0.3) is 0 Å². The fourth-order valence-corrected chi connectivity index (χ4v) is 4.36. The van der Waals surface area contributed by atoms with Crippen LogP contribution < -0.4 is 15.2 Å². The maximum atomic E-state index is 12.8. The summed E-state index contributed by atoms with van der Waals surface area (Å²) in [5, 5.41) is 0. The minimum atomic E-state index is -3.56. The minimum Gasteiger partial charge on any atom is -0.493 e. The Morgan fingerprint density at radius 1 is 1.24 bits per heavy atom. The van der Waals surface area contributed by atoms with E-state index in [0.29, 0.717) is 24.6 Å². The van der Waals surface area contributed by atoms with Crippen LogP contribution >= 0.6 is 0 Å². The Morgan fingerprint density at radius 2 is 1.95 bits per heavy atom. The Morgan fingerprint density at radius 3 is 2.57 bits per heavy atom. The number of nitrogens with zero attached hydrogens (tertiary/aromatic N) is 1. The van der Waals surface area contributed by atoms with Crippen LogP contribution in [0, 0.1) is 0 Å². The predicted octanol–water partition coefficient (Wildman–Crippen LogP) is 1.21. The average Bonchev–Trinajstić information content (AvgIpc) is 2.53. The van der Waals surface area contributed by atoms with Crippen LogP contribution in [0.1, 0.15) is 19.3 Å². The molecular formula is C14H22N2O4S. The van der Waals surface area contributed by atoms with Crippen molar-refractivity contribution in [1.29, 1.82) is 0 Å². The van der Waals surface area contributed by atoms with Crippen molar-refractivity contribution in [2.75, 3.05) is 27.3 Å². The monoisotopic (exact) mass is 314 g/mol. The molecule has 0 aliphatic carbocycles. The lowest BCUT2D eigenvalue weighted by atomic mass is 10.1. The van der Waals surface area contributed by atoms with Gasteiger partial charge >= 0.3 is 0 Å². The highest BCUT2D eigenvalue weighted by Crippen LogP contribution is 2.32. The summed E-state index contributed by atoms with van der Waals surface area (Å²) in [5.74, 6) is 0.908. The van der Waals surface area contributed by atoms with Gasteiger partial charge in [0.2, 0.25) is 10.0 Å². The zero-order chi connectivity index (χ0) is 15.5. The van der Waals surface area contributed by atoms with Crippen molar-refractivity contribution in [2.24, 2.45) is 5.73 Å². The number of piperidine rings is 1. The Balaban J connectivity index is 2.38. The summed E-state index contributed by atoms with van der Waals surface area (Å²) in [6.07, 6.45) is 2.69. The van der Waals surface area contributed by atoms with Crippen molar-refractivity contribution < 1.29 is 17.9 Å². The van der Waals surface area contributed by atoms with E-state index in [1.807, 2.05) is 0 Å². The molecule has 0 bridgehead atoms. The van der Waals surface area contributed by atoms with E-state index in [9.17, 15) is 8.42 Å². The second-order valence-corrected chi connectivity index (χ2v) is 6.91. The molecule has 0 unspecified atom stereocenters. The number of hydrogen-bond donors (Lipinski definition) is 1. The van der Waals surface area contributed by atoms with E-state index in [1.165, 1.54) is 24.6 Å². The first kappa shape index (κ1) is 16.1. The Bertz CT molecular complexity index is 589. The van der Waals surface area contributed by atoms with E-state index in [1.54, 1.807) is 12.1 Å². The molecule has 1 saturated heterocycles. The summed E-state index contributed by atoms with van der Waals surface area (Å²) in [5.41, 5.74) is 5.72. The van der Waals surface area contributed by atoms with Crippen LogP contribution in [-0.4, -0.2) is 46.1 Å². The highest BCUT2D eigenvalue weighted by Gasteiger charge is 2.33. The van der Waals surface area contributed by atoms with Crippen molar-refractivity contribution in [1.82, 2.24) is 4.31 Å². The largest absolute Gasteiger partial charge is 0.493 e. The topological polar surface area (TPSA) is 81.9 Å². The molecule has 0 aromatic heterocycles. The summed E-state index contributed by atoms with van der Waals surface area (Å²) in [4.78, 5) is 0.209. The molecule has 2 N–H and O–H groups in total. The standard InChI is InChI=1S/C14H22N2O4S/c1-19-13-7-6-12(9-14(13)20-2)21(17,18)16-8-4-3-5-11(16)10-15/h6-7,9,11H,3-5,8,10,15H2,1-2H3/t11-/m1/s1. The van der Waals surface area contributed by atoms with Crippen molar-refractivity contribution in [3.05, 3.63) is 18.2 Å². The number of ether oxygens (including phenoxy) is 2. The molecule has 21 heavy (non-hydrogen) atoms. The Labute approximate surface area is 125 Å². The first-order valence-corrected chi connectivity index (χ1v) is 8.42. The molecule has 1 aromatic carbocycles. The molecule has 0 amide bonds. The second kappa shape index (κ2) is 6.64. The van der Waals surface area contributed by atoms with Gasteiger partial charge in [0, 0.05) is 25.2 Å². The number of sulfonamides is 1. The average molecular weight is 314 g/mol. The molecule has 1 aliphatic rings. The van der Waals surface area contributed by atoms with Gasteiger partial charge in [0.25, 0.3) is 0 Å². The molecular weight excluding hydrogens is 292 g/mol. The summed E-state index contributed by atoms with van der Waals surface area (Å²) >= 11 is 0. The number of hydrogen-bond acceptors (Lipinski definition) is 5. The number of rotatable bonds is 5. The van der Waals surface area contributed by atoms with Gasteiger partial charge in [-0.15, -0.1) is 0 Å². The van der Waals surface area contributed by atoms with Crippen LogP contribution in [0.5, 0.6) is 11.5 Å². The Kier molecular flexibility index (Phi) is 5.08. The maximum Gasteiger partial charge on any atom is 0.243 e. The third-order valence-corrected chi connectivity index (χ3v) is 5.75. The second-order valence-electron chi connectivity index (χ2n) is 5.02. The molecule has 0 radical (unpaired) electrons. The molecule has 1 aliphatic heterocycles. The fourth-order valence-electron chi connectivity index (χ4n) is 2.64. The predicted molar refractivity (Wildman–Crippen MR) is 80.1 cm³/mol. The first-order valence-electron chi connectivity index (χ1n) is 6.98. The highest BCUT2D eigenvalue weighted by atomic mass is 32.2. The van der Waals surface area contributed by atoms with Gasteiger partial charge in [-0.05, 0) is 25.0 Å². The van der Waals surface area contributed by atoms with Gasteiger partial charge in [0.05, 0.1) is 19.1 Å². The van der Waals surface area contributed by atoms with Crippen LogP contribution in [-0.2, 0) is 10.0 Å². The Hall–Kier alpha value is -1.31. The third-order valence-electron chi connectivity index (χ3n) is 3.81. The van der Waals surface area contributed by atoms with Gasteiger partial charge in [-0.3, -0.25) is 0 Å². The molecule has 6 nitrogen and oxygen atoms in total. The molecule has 1 aromatic rings. The van der Waals surface area contributed by atoms with Gasteiger partial charge in [-0.1, -0.05) is 6.42 Å². The first-order chi connectivity index (χ1) is 10.0. The zero-order valence-corrected chi connectivity index (χ0v) is 13.2. The van der Waals surface area contributed by atoms with Gasteiger partial charge in [0.1, 0.15) is 0 Å². The maximum absolute atomic E-state index is 12.8. The van der Waals surface area contributed by atoms with Crippen molar-refractivity contribution in [3.8, 4) is 11.5 Å². The molecule has 7 heteroatoms. The number of benzene rings is 1. The van der Waals surface area contributed by atoms with Crippen molar-refractivity contribution in [2.45, 2.75) is 30.2 Å². The summed E-state index contributed by atoms with van der Waals surface area (Å²) in [7, 11) is -0.564. The van der Waals surface area contributed by atoms with E-state index in [0.717, 1.165) is 19.3 Å². The summed E-state index contributed by atoms with van der Waals surface area (Å²) < 4.78 is 37.4. The lowest BCUT2D eigenvalue weighted by Gasteiger charge is -2.33. The highest BCUT2D eigenvalue weighted by molar-refractivity contribution is 7.89. The third kappa shape index (κ3) is 3.14. The normalized spacial score (nSPS) is 20.2. The SMILES string of the molecule is COc1ccc(S(=O)(=O)N2CCCC[C@@H]2CN)cc1OC. The van der Waals surface area contributed by atoms with E-state index in [4.69, 9.17) is 15.2 Å². The van der Waals surface area contributed by atoms with E-state index < -0.39 is 10.0 Å². The molecule has 2 rings (SSSR count). The van der Waals surface area contributed by atoms with Gasteiger partial charge in [0.15, 0.2) is 11.5 Å². The van der Waals surface area contributed by atoms with Crippen LogP contribution in [0.2, 0.25) is 0 Å². The molecule has 1 atom stereocenters. The van der Waals surface area contributed by atoms with Crippen LogP contribution in [0.3, 0.4) is 0 Å². The summed E-state index contributed by atoms with van der Waals surface area (Å²) in [6, 6.07) is 4.51. The van der Waals surface area contributed by atoms with E-state index >= 15 is 0 Å². The minimum absolute atomic E-state index is 0.128. The molecule has 1 heterocycles. The van der Waals surface area contributed by atoms with Crippen molar-refractivity contribution >= 4 is 10.0 Å². The molecule has 118 valence electrons. The van der Waals surface area contributed by atoms with Gasteiger partial charge in [-0.2, -0.15) is 4.31 Å². The lowest BCUT2D eigenvalue weighted by Crippen LogP contribution is -2.47. The van der Waals surface area contributed by atoms with Crippen LogP contribution in [0.4, 0.5) is 0 Å². The molecule has 0 spiro atoms. The van der Waals surface area contributed by atoms with Crippen molar-refractivity contribution in [3.63, 3.8) is 0 Å². The van der Waals surface area contributed by atoms with E-state index in [-0.39, 0.29) is 10.9 Å². The smallest absolute Gasteiger partial charge is 0.243 e. The van der Waals surface area contributed by atoms with Crippen LogP contribution in [0.15, 0.2) is 23.1 Å². The van der Waals surface area contributed by atoms with E-state index in [2.05, 4.69) is 0 Å². The summed E-state index contributed by atoms with van der Waals surface area (Å²) in [6.45, 7) is 0.852.